The minimum absolute atomic E-state index is 1.12. The lowest BCUT2D eigenvalue weighted by Gasteiger charge is -2.06. The zero-order valence-corrected chi connectivity index (χ0v) is 15.0. The van der Waals surface area contributed by atoms with Gasteiger partial charge in [0.2, 0.25) is 0 Å². The van der Waals surface area contributed by atoms with Gasteiger partial charge in [0.15, 0.2) is 0 Å². The smallest absolute Gasteiger partial charge is 0.0571 e. The number of hydrogen-bond acceptors (Lipinski definition) is 2. The molecule has 0 fully saturated rings. The van der Waals surface area contributed by atoms with Gasteiger partial charge in [0.25, 0.3) is 0 Å². The van der Waals surface area contributed by atoms with Crippen LogP contribution in [0, 0.1) is 0 Å². The Morgan fingerprint density at radius 3 is 1.65 bits per heavy atom. The third-order valence-corrected chi connectivity index (χ3v) is 6.52. The molecule has 0 saturated heterocycles. The van der Waals surface area contributed by atoms with Gasteiger partial charge in [-0.3, -0.25) is 0 Å². The zero-order chi connectivity index (χ0) is 13.7. The van der Waals surface area contributed by atoms with E-state index in [1.54, 1.807) is 0 Å². The Hall–Kier alpha value is -0.420. The van der Waals surface area contributed by atoms with E-state index in [1.807, 2.05) is 23.5 Å². The Balaban J connectivity index is 2.06. The van der Waals surface area contributed by atoms with E-state index in [0.717, 1.165) is 8.95 Å². The van der Waals surface area contributed by atoms with Crippen LogP contribution in [-0.4, -0.2) is 0 Å². The van der Waals surface area contributed by atoms with Gasteiger partial charge in [-0.15, -0.1) is 0 Å². The lowest BCUT2D eigenvalue weighted by molar-refractivity contribution is 1.59. The maximum absolute atomic E-state index is 3.59. The van der Waals surface area contributed by atoms with Gasteiger partial charge in [-0.05, 0) is 57.3 Å². The van der Waals surface area contributed by atoms with Crippen LogP contribution in [-0.2, 0) is 0 Å². The summed E-state index contributed by atoms with van der Waals surface area (Å²) in [5.74, 6) is 0. The van der Waals surface area contributed by atoms with Gasteiger partial charge in [-0.2, -0.15) is 0 Å². The van der Waals surface area contributed by atoms with Crippen LogP contribution in [0.5, 0.6) is 0 Å². The molecule has 0 atom stereocenters. The van der Waals surface area contributed by atoms with Crippen molar-refractivity contribution in [1.82, 2.24) is 0 Å². The molecule has 2 aromatic carbocycles. The summed E-state index contributed by atoms with van der Waals surface area (Å²) >= 11 is 10.8. The third kappa shape index (κ3) is 2.05. The number of hydrogen-bond donors (Lipinski definition) is 0. The Kier molecular flexibility index (Phi) is 3.38. The summed E-state index contributed by atoms with van der Waals surface area (Å²) in [7, 11) is 0. The van der Waals surface area contributed by atoms with Crippen molar-refractivity contribution in [1.29, 1.82) is 0 Å². The normalized spacial score (nSPS) is 15.7. The quantitative estimate of drug-likeness (QED) is 0.387. The standard InChI is InChI=1S/C16H8Br2S2/c17-9-1-3-11-13(7-9)14-8-10(18)2-4-12(14)15(11)16-19-5-6-20-16/h1-8H. The molecule has 98 valence electrons. The molecule has 0 spiro atoms. The monoisotopic (exact) mass is 422 g/mol. The van der Waals surface area contributed by atoms with Crippen LogP contribution in [0.1, 0.15) is 11.1 Å². The highest BCUT2D eigenvalue weighted by Gasteiger charge is 2.27. The molecule has 0 unspecified atom stereocenters. The number of fused-ring (bicyclic) bond motifs is 3. The fourth-order valence-electron chi connectivity index (χ4n) is 2.60. The van der Waals surface area contributed by atoms with Gasteiger partial charge in [0, 0.05) is 14.5 Å². The fraction of sp³-hybridized carbons (Fsp3) is 0. The second-order valence-electron chi connectivity index (χ2n) is 4.55. The molecule has 1 aliphatic heterocycles. The van der Waals surface area contributed by atoms with Crippen molar-refractivity contribution in [2.45, 2.75) is 0 Å². The molecular weight excluding hydrogens is 416 g/mol. The summed E-state index contributed by atoms with van der Waals surface area (Å²) < 4.78 is 3.62. The van der Waals surface area contributed by atoms with Gasteiger partial charge < -0.3 is 0 Å². The van der Waals surface area contributed by atoms with Gasteiger partial charge in [0.1, 0.15) is 0 Å². The SMILES string of the molecule is Brc1ccc2c(c1)-c1cc(Br)ccc1C2=C1SC=CS1. The highest BCUT2D eigenvalue weighted by Crippen LogP contribution is 2.53. The summed E-state index contributed by atoms with van der Waals surface area (Å²) in [5.41, 5.74) is 6.66. The molecule has 0 N–H and O–H groups in total. The highest BCUT2D eigenvalue weighted by molar-refractivity contribution is 9.10. The Labute approximate surface area is 143 Å². The lowest BCUT2D eigenvalue weighted by Crippen LogP contribution is -1.83. The van der Waals surface area contributed by atoms with E-state index in [2.05, 4.69) is 79.1 Å². The summed E-state index contributed by atoms with van der Waals surface area (Å²) in [4.78, 5) is 0. The molecule has 0 saturated carbocycles. The van der Waals surface area contributed by atoms with E-state index in [4.69, 9.17) is 0 Å². The largest absolute Gasteiger partial charge is 0.0895 e. The van der Waals surface area contributed by atoms with Crippen molar-refractivity contribution in [3.05, 3.63) is 71.5 Å². The number of benzene rings is 2. The van der Waals surface area contributed by atoms with Gasteiger partial charge in [-0.1, -0.05) is 67.5 Å². The molecule has 20 heavy (non-hydrogen) atoms. The molecule has 4 heteroatoms. The molecular formula is C16H8Br2S2. The minimum atomic E-state index is 1.12. The number of halogens is 2. The first kappa shape index (κ1) is 13.3. The van der Waals surface area contributed by atoms with Crippen molar-refractivity contribution in [3.63, 3.8) is 0 Å². The molecule has 0 nitrogen and oxygen atoms in total. The van der Waals surface area contributed by atoms with Crippen LogP contribution in [0.2, 0.25) is 0 Å². The average molecular weight is 424 g/mol. The van der Waals surface area contributed by atoms with Gasteiger partial charge in [0.05, 0.1) is 4.24 Å². The van der Waals surface area contributed by atoms with Crippen molar-refractivity contribution in [3.8, 4) is 11.1 Å². The van der Waals surface area contributed by atoms with Crippen molar-refractivity contribution >= 4 is 61.0 Å². The summed E-state index contributed by atoms with van der Waals surface area (Å²) in [6, 6.07) is 13.1. The Bertz CT molecular complexity index is 728. The number of rotatable bonds is 0. The summed E-state index contributed by atoms with van der Waals surface area (Å²) in [5, 5.41) is 4.31. The van der Waals surface area contributed by atoms with E-state index in [9.17, 15) is 0 Å². The van der Waals surface area contributed by atoms with Crippen LogP contribution in [0.4, 0.5) is 0 Å². The average Bonchev–Trinajstić information content (AvgIpc) is 3.04. The van der Waals surface area contributed by atoms with Crippen molar-refractivity contribution in [2.75, 3.05) is 0 Å². The summed E-state index contributed by atoms with van der Waals surface area (Å²) in [6.45, 7) is 0. The van der Waals surface area contributed by atoms with E-state index in [0.29, 0.717) is 0 Å². The topological polar surface area (TPSA) is 0 Å². The van der Waals surface area contributed by atoms with Crippen LogP contribution in [0.3, 0.4) is 0 Å². The fourth-order valence-corrected chi connectivity index (χ4v) is 5.25. The molecule has 1 aliphatic carbocycles. The molecule has 2 aliphatic rings. The van der Waals surface area contributed by atoms with E-state index < -0.39 is 0 Å². The predicted molar refractivity (Wildman–Crippen MR) is 97.6 cm³/mol. The molecule has 1 heterocycles. The van der Waals surface area contributed by atoms with Gasteiger partial charge in [-0.25, -0.2) is 0 Å². The summed E-state index contributed by atoms with van der Waals surface area (Å²) in [6.07, 6.45) is 0. The van der Waals surface area contributed by atoms with Crippen LogP contribution < -0.4 is 0 Å². The number of thioether (sulfide) groups is 2. The van der Waals surface area contributed by atoms with E-state index >= 15 is 0 Å². The second kappa shape index (κ2) is 5.09. The second-order valence-corrected chi connectivity index (χ2v) is 8.47. The molecule has 0 aromatic heterocycles. The Morgan fingerprint density at radius 2 is 1.15 bits per heavy atom. The predicted octanol–water partition coefficient (Wildman–Crippen LogP) is 6.86. The van der Waals surface area contributed by atoms with Gasteiger partial charge >= 0.3 is 0 Å². The van der Waals surface area contributed by atoms with E-state index in [1.165, 1.54) is 32.1 Å². The van der Waals surface area contributed by atoms with Crippen LogP contribution in [0.25, 0.3) is 16.7 Å². The van der Waals surface area contributed by atoms with Crippen molar-refractivity contribution < 1.29 is 0 Å². The molecule has 0 radical (unpaired) electrons. The molecule has 4 rings (SSSR count). The molecule has 2 aromatic rings. The maximum Gasteiger partial charge on any atom is 0.0571 e. The third-order valence-electron chi connectivity index (χ3n) is 3.40. The first-order chi connectivity index (χ1) is 9.74. The van der Waals surface area contributed by atoms with Crippen molar-refractivity contribution in [2.24, 2.45) is 0 Å². The van der Waals surface area contributed by atoms with Crippen LogP contribution >= 0.6 is 55.4 Å². The minimum Gasteiger partial charge on any atom is -0.0895 e. The molecule has 0 bridgehead atoms. The lowest BCUT2D eigenvalue weighted by atomic mass is 10.1. The molecule has 0 amide bonds. The zero-order valence-electron chi connectivity index (χ0n) is 10.2. The van der Waals surface area contributed by atoms with Crippen LogP contribution in [0.15, 0.2) is 60.4 Å². The highest BCUT2D eigenvalue weighted by atomic mass is 79.9. The Morgan fingerprint density at radius 1 is 0.650 bits per heavy atom. The maximum atomic E-state index is 3.59. The van der Waals surface area contributed by atoms with E-state index in [-0.39, 0.29) is 0 Å². The first-order valence-electron chi connectivity index (χ1n) is 6.07. The first-order valence-corrected chi connectivity index (χ1v) is 9.41.